The van der Waals surface area contributed by atoms with Gasteiger partial charge in [-0.25, -0.2) is 0 Å². The largest absolute Gasteiger partial charge is 0.353 e. The van der Waals surface area contributed by atoms with Crippen LogP contribution in [0.4, 0.5) is 0 Å². The predicted octanol–water partition coefficient (Wildman–Crippen LogP) is 5.03. The van der Waals surface area contributed by atoms with E-state index in [2.05, 4.69) is 46.9 Å². The quantitative estimate of drug-likeness (QED) is 0.701. The molecule has 0 radical (unpaired) electrons. The average molecular weight is 296 g/mol. The van der Waals surface area contributed by atoms with E-state index < -0.39 is 0 Å². The van der Waals surface area contributed by atoms with Gasteiger partial charge >= 0.3 is 0 Å². The van der Waals surface area contributed by atoms with E-state index in [9.17, 15) is 4.79 Å². The SMILES string of the molecule is CC(C)CCCC(C)NC(=O)C1CC(C)CCC1C(C)C. The number of hydrogen-bond donors (Lipinski definition) is 1. The Labute approximate surface area is 132 Å². The molecule has 0 spiro atoms. The molecule has 1 aliphatic rings. The molecule has 1 amide bonds. The summed E-state index contributed by atoms with van der Waals surface area (Å²) in [6.45, 7) is 13.5. The Balaban J connectivity index is 2.47. The van der Waals surface area contributed by atoms with Gasteiger partial charge in [0, 0.05) is 12.0 Å². The normalized spacial score (nSPS) is 27.9. The third-order valence-corrected chi connectivity index (χ3v) is 5.17. The van der Waals surface area contributed by atoms with E-state index in [4.69, 9.17) is 0 Å². The van der Waals surface area contributed by atoms with Gasteiger partial charge in [-0.15, -0.1) is 0 Å². The lowest BCUT2D eigenvalue weighted by atomic mass is 9.69. The van der Waals surface area contributed by atoms with Crippen LogP contribution >= 0.6 is 0 Å². The summed E-state index contributed by atoms with van der Waals surface area (Å²) in [6, 6.07) is 0.321. The van der Waals surface area contributed by atoms with Crippen LogP contribution in [0.5, 0.6) is 0 Å². The molecule has 124 valence electrons. The molecule has 0 aliphatic heterocycles. The zero-order valence-corrected chi connectivity index (χ0v) is 15.1. The smallest absolute Gasteiger partial charge is 0.223 e. The molecule has 0 bridgehead atoms. The Kier molecular flexibility index (Phi) is 7.76. The second-order valence-corrected chi connectivity index (χ2v) is 8.17. The van der Waals surface area contributed by atoms with Gasteiger partial charge in [-0.2, -0.15) is 0 Å². The maximum Gasteiger partial charge on any atom is 0.223 e. The number of hydrogen-bond acceptors (Lipinski definition) is 1. The third kappa shape index (κ3) is 6.40. The molecule has 1 fully saturated rings. The van der Waals surface area contributed by atoms with Crippen LogP contribution in [0.2, 0.25) is 0 Å². The van der Waals surface area contributed by atoms with Gasteiger partial charge in [-0.3, -0.25) is 4.79 Å². The van der Waals surface area contributed by atoms with Crippen LogP contribution in [-0.4, -0.2) is 11.9 Å². The molecule has 2 heteroatoms. The molecule has 1 saturated carbocycles. The van der Waals surface area contributed by atoms with Gasteiger partial charge in [0.2, 0.25) is 5.91 Å². The first-order chi connectivity index (χ1) is 9.81. The van der Waals surface area contributed by atoms with E-state index in [1.807, 2.05) is 0 Å². The summed E-state index contributed by atoms with van der Waals surface area (Å²) < 4.78 is 0. The van der Waals surface area contributed by atoms with E-state index in [0.29, 0.717) is 29.7 Å². The van der Waals surface area contributed by atoms with Crippen molar-refractivity contribution in [3.05, 3.63) is 0 Å². The molecule has 0 aromatic heterocycles. The second kappa shape index (κ2) is 8.80. The monoisotopic (exact) mass is 295 g/mol. The highest BCUT2D eigenvalue weighted by atomic mass is 16.1. The second-order valence-electron chi connectivity index (χ2n) is 8.17. The number of rotatable bonds is 7. The number of nitrogens with one attached hydrogen (secondary N) is 1. The van der Waals surface area contributed by atoms with Crippen LogP contribution in [0.3, 0.4) is 0 Å². The van der Waals surface area contributed by atoms with E-state index in [0.717, 1.165) is 18.8 Å². The summed E-state index contributed by atoms with van der Waals surface area (Å²) in [6.07, 6.45) is 7.17. The van der Waals surface area contributed by atoms with Crippen molar-refractivity contribution in [3.8, 4) is 0 Å². The molecule has 4 unspecified atom stereocenters. The summed E-state index contributed by atoms with van der Waals surface area (Å²) in [7, 11) is 0. The molecule has 0 aromatic carbocycles. The van der Waals surface area contributed by atoms with Crippen molar-refractivity contribution >= 4 is 5.91 Å². The standard InChI is InChI=1S/C19H37NO/c1-13(2)8-7-9-16(6)20-19(21)18-12-15(5)10-11-17(18)14(3)4/h13-18H,7-12H2,1-6H3,(H,20,21). The zero-order valence-electron chi connectivity index (χ0n) is 15.1. The highest BCUT2D eigenvalue weighted by Crippen LogP contribution is 2.38. The fourth-order valence-electron chi connectivity index (χ4n) is 3.76. The van der Waals surface area contributed by atoms with Crippen molar-refractivity contribution in [3.63, 3.8) is 0 Å². The average Bonchev–Trinajstić information content (AvgIpc) is 2.37. The molecule has 1 N–H and O–H groups in total. The molecule has 2 nitrogen and oxygen atoms in total. The number of carbonyl (C=O) groups is 1. The van der Waals surface area contributed by atoms with Gasteiger partial charge in [0.05, 0.1) is 0 Å². The minimum atomic E-state index is 0.237. The first-order valence-corrected chi connectivity index (χ1v) is 9.11. The summed E-state index contributed by atoms with van der Waals surface area (Å²) in [5.74, 6) is 3.21. The van der Waals surface area contributed by atoms with E-state index >= 15 is 0 Å². The van der Waals surface area contributed by atoms with Crippen molar-refractivity contribution in [2.45, 2.75) is 86.1 Å². The van der Waals surface area contributed by atoms with Crippen LogP contribution in [0.1, 0.15) is 80.1 Å². The van der Waals surface area contributed by atoms with E-state index in [-0.39, 0.29) is 5.92 Å². The predicted molar refractivity (Wildman–Crippen MR) is 91.1 cm³/mol. The van der Waals surface area contributed by atoms with Gasteiger partial charge in [-0.1, -0.05) is 53.9 Å². The minimum absolute atomic E-state index is 0.237. The lowest BCUT2D eigenvalue weighted by Gasteiger charge is -2.37. The van der Waals surface area contributed by atoms with Crippen molar-refractivity contribution in [2.24, 2.45) is 29.6 Å². The number of amides is 1. The minimum Gasteiger partial charge on any atom is -0.353 e. The molecule has 1 rings (SSSR count). The molecular weight excluding hydrogens is 258 g/mol. The van der Waals surface area contributed by atoms with Gasteiger partial charge in [-0.05, 0) is 49.9 Å². The van der Waals surface area contributed by atoms with E-state index in [1.54, 1.807) is 0 Å². The van der Waals surface area contributed by atoms with E-state index in [1.165, 1.54) is 25.7 Å². The number of carbonyl (C=O) groups excluding carboxylic acids is 1. The molecule has 0 heterocycles. The highest BCUT2D eigenvalue weighted by Gasteiger charge is 2.35. The molecular formula is C19H37NO. The molecule has 0 aromatic rings. The molecule has 0 saturated heterocycles. The lowest BCUT2D eigenvalue weighted by molar-refractivity contribution is -0.130. The molecule has 21 heavy (non-hydrogen) atoms. The van der Waals surface area contributed by atoms with Crippen LogP contribution in [0, 0.1) is 29.6 Å². The summed E-state index contributed by atoms with van der Waals surface area (Å²) in [4.78, 5) is 12.7. The Hall–Kier alpha value is -0.530. The fraction of sp³-hybridized carbons (Fsp3) is 0.947. The van der Waals surface area contributed by atoms with Crippen LogP contribution < -0.4 is 5.32 Å². The van der Waals surface area contributed by atoms with Gasteiger partial charge in [0.25, 0.3) is 0 Å². The van der Waals surface area contributed by atoms with Crippen molar-refractivity contribution in [2.75, 3.05) is 0 Å². The molecule has 1 aliphatic carbocycles. The Morgan fingerprint density at radius 2 is 1.76 bits per heavy atom. The summed E-state index contributed by atoms with van der Waals surface area (Å²) in [5, 5.41) is 3.29. The van der Waals surface area contributed by atoms with Crippen molar-refractivity contribution in [1.82, 2.24) is 5.32 Å². The Bertz CT molecular complexity index is 311. The summed E-state index contributed by atoms with van der Waals surface area (Å²) >= 11 is 0. The van der Waals surface area contributed by atoms with Crippen LogP contribution in [0.15, 0.2) is 0 Å². The van der Waals surface area contributed by atoms with Gasteiger partial charge in [0.1, 0.15) is 0 Å². The first-order valence-electron chi connectivity index (χ1n) is 9.11. The van der Waals surface area contributed by atoms with Crippen molar-refractivity contribution in [1.29, 1.82) is 0 Å². The van der Waals surface area contributed by atoms with Crippen molar-refractivity contribution < 1.29 is 4.79 Å². The molecule has 4 atom stereocenters. The van der Waals surface area contributed by atoms with Crippen LogP contribution in [0.25, 0.3) is 0 Å². The third-order valence-electron chi connectivity index (χ3n) is 5.17. The van der Waals surface area contributed by atoms with Gasteiger partial charge < -0.3 is 5.32 Å². The van der Waals surface area contributed by atoms with Gasteiger partial charge in [0.15, 0.2) is 0 Å². The fourth-order valence-corrected chi connectivity index (χ4v) is 3.76. The summed E-state index contributed by atoms with van der Waals surface area (Å²) in [5.41, 5.74) is 0. The highest BCUT2D eigenvalue weighted by molar-refractivity contribution is 5.79. The Morgan fingerprint density at radius 1 is 1.10 bits per heavy atom. The first kappa shape index (κ1) is 18.5. The zero-order chi connectivity index (χ0) is 16.0. The lowest BCUT2D eigenvalue weighted by Crippen LogP contribution is -2.43. The maximum absolute atomic E-state index is 12.7. The van der Waals surface area contributed by atoms with Crippen LogP contribution in [-0.2, 0) is 4.79 Å². The topological polar surface area (TPSA) is 29.1 Å². The maximum atomic E-state index is 12.7. The Morgan fingerprint density at radius 3 is 2.33 bits per heavy atom.